The lowest BCUT2D eigenvalue weighted by molar-refractivity contribution is -0.511. The molecule has 0 rings (SSSR count). The maximum absolute atomic E-state index is 3.71. The molecule has 2 heteroatoms. The summed E-state index contributed by atoms with van der Waals surface area (Å²) in [5.41, 5.74) is 0. The summed E-state index contributed by atoms with van der Waals surface area (Å²) in [6.45, 7) is 10.0. The van der Waals surface area contributed by atoms with Crippen molar-refractivity contribution < 1.29 is 21.6 Å². The fraction of sp³-hybridized carbons (Fsp3) is 0.800. The van der Waals surface area contributed by atoms with E-state index in [4.69, 9.17) is 0 Å². The zero-order valence-electron chi connectivity index (χ0n) is 4.95. The topological polar surface area (TPSA) is 3.01 Å². The third-order valence-corrected chi connectivity index (χ3v) is 0.894. The summed E-state index contributed by atoms with van der Waals surface area (Å²) in [4.78, 5) is 0. The van der Waals surface area contributed by atoms with E-state index in [-0.39, 0.29) is 17.0 Å². The lowest BCUT2D eigenvalue weighted by Gasteiger charge is -1.86. The largest absolute Gasteiger partial charge is 1.00 e. The summed E-state index contributed by atoms with van der Waals surface area (Å²) >= 11 is 0. The molecule has 0 aromatic carbocycles. The van der Waals surface area contributed by atoms with Crippen LogP contribution in [0.25, 0.3) is 0 Å². The molecule has 0 aromatic heterocycles. The summed E-state index contributed by atoms with van der Waals surface area (Å²) in [5.74, 6) is 0. The van der Waals surface area contributed by atoms with E-state index in [1.165, 1.54) is 0 Å². The zero-order chi connectivity index (χ0) is 4.99. The normalized spacial score (nSPS) is 7.14. The Kier molecular flexibility index (Phi) is 8.96. The fourth-order valence-corrected chi connectivity index (χ4v) is 0.224. The highest BCUT2D eigenvalue weighted by atomic mass is 79.9. The van der Waals surface area contributed by atoms with E-state index in [2.05, 4.69) is 20.6 Å². The molecular weight excluding hydrogens is 154 g/mol. The second-order valence-electron chi connectivity index (χ2n) is 1.30. The van der Waals surface area contributed by atoms with E-state index >= 15 is 0 Å². The minimum Gasteiger partial charge on any atom is -1.00 e. The first-order chi connectivity index (χ1) is 2.81. The van der Waals surface area contributed by atoms with Crippen LogP contribution in [0, 0.1) is 0 Å². The third-order valence-electron chi connectivity index (χ3n) is 0.894. The van der Waals surface area contributed by atoms with Crippen LogP contribution in [0.5, 0.6) is 0 Å². The maximum Gasteiger partial charge on any atom is 0.139 e. The van der Waals surface area contributed by atoms with Crippen molar-refractivity contribution in [2.24, 2.45) is 0 Å². The molecule has 0 aliphatic carbocycles. The Morgan fingerprint density at radius 2 is 1.57 bits per heavy atom. The van der Waals surface area contributed by atoms with Crippen LogP contribution >= 0.6 is 0 Å². The molecule has 1 nitrogen and oxygen atoms in total. The molecule has 0 aromatic rings. The van der Waals surface area contributed by atoms with E-state index in [1.54, 1.807) is 0 Å². The Bertz CT molecular complexity index is 46.0. The first kappa shape index (κ1) is 10.2. The Labute approximate surface area is 55.8 Å². The van der Waals surface area contributed by atoms with Crippen molar-refractivity contribution in [1.29, 1.82) is 0 Å². The second-order valence-corrected chi connectivity index (χ2v) is 1.30. The molecule has 0 unspecified atom stereocenters. The average Bonchev–Trinajstić information content (AvgIpc) is 1.65. The number of nitrogens with zero attached hydrogens (tertiary/aromatic N) is 1. The van der Waals surface area contributed by atoms with Gasteiger partial charge in [0.25, 0.3) is 0 Å². The molecular formula is C5H12BrN. The highest BCUT2D eigenvalue weighted by Gasteiger charge is 1.82. The average molecular weight is 166 g/mol. The molecule has 0 aliphatic rings. The van der Waals surface area contributed by atoms with Crippen LogP contribution in [0.3, 0.4) is 0 Å². The van der Waals surface area contributed by atoms with Gasteiger partial charge in [-0.3, -0.25) is 0 Å². The van der Waals surface area contributed by atoms with Crippen LogP contribution < -0.4 is 17.0 Å². The second kappa shape index (κ2) is 6.15. The quantitative estimate of drug-likeness (QED) is 0.322. The number of rotatable bonds is 2. The summed E-state index contributed by atoms with van der Waals surface area (Å²) in [6.07, 6.45) is 0. The van der Waals surface area contributed by atoms with Crippen molar-refractivity contribution in [3.8, 4) is 0 Å². The van der Waals surface area contributed by atoms with Crippen molar-refractivity contribution in [2.75, 3.05) is 13.1 Å². The molecule has 0 saturated carbocycles. The fourth-order valence-electron chi connectivity index (χ4n) is 0.224. The van der Waals surface area contributed by atoms with Crippen LogP contribution in [-0.4, -0.2) is 24.4 Å². The van der Waals surface area contributed by atoms with E-state index in [0.717, 1.165) is 13.1 Å². The van der Waals surface area contributed by atoms with Gasteiger partial charge < -0.3 is 17.0 Å². The number of hydrogen-bond acceptors (Lipinski definition) is 0. The van der Waals surface area contributed by atoms with Gasteiger partial charge in [-0.15, -0.1) is 0 Å². The Morgan fingerprint density at radius 3 is 1.57 bits per heavy atom. The highest BCUT2D eigenvalue weighted by molar-refractivity contribution is 5.14. The molecule has 0 aliphatic heterocycles. The Balaban J connectivity index is 0. The first-order valence-corrected chi connectivity index (χ1v) is 2.36. The zero-order valence-corrected chi connectivity index (χ0v) is 6.53. The van der Waals surface area contributed by atoms with Crippen LogP contribution in [0.4, 0.5) is 0 Å². The van der Waals surface area contributed by atoms with Gasteiger partial charge in [-0.1, -0.05) is 0 Å². The third kappa shape index (κ3) is 6.15. The molecule has 0 spiro atoms. The predicted molar refractivity (Wildman–Crippen MR) is 28.5 cm³/mol. The molecule has 0 saturated heterocycles. The van der Waals surface area contributed by atoms with Gasteiger partial charge in [0, 0.05) is 0 Å². The van der Waals surface area contributed by atoms with Crippen molar-refractivity contribution in [3.63, 3.8) is 0 Å². The van der Waals surface area contributed by atoms with Crippen molar-refractivity contribution in [2.45, 2.75) is 13.8 Å². The monoisotopic (exact) mass is 165 g/mol. The van der Waals surface area contributed by atoms with E-state index in [9.17, 15) is 0 Å². The van der Waals surface area contributed by atoms with E-state index in [1.807, 2.05) is 4.58 Å². The lowest BCUT2D eigenvalue weighted by atomic mass is 10.6. The van der Waals surface area contributed by atoms with Gasteiger partial charge in [0.15, 0.2) is 0 Å². The molecule has 7 heavy (non-hydrogen) atoms. The summed E-state index contributed by atoms with van der Waals surface area (Å²) in [6, 6.07) is 0. The summed E-state index contributed by atoms with van der Waals surface area (Å²) in [5, 5.41) is 0. The lowest BCUT2D eigenvalue weighted by Crippen LogP contribution is -3.00. The van der Waals surface area contributed by atoms with Gasteiger partial charge in [0.2, 0.25) is 0 Å². The molecule has 0 radical (unpaired) electrons. The molecule has 0 amide bonds. The Hall–Kier alpha value is 0.150. The van der Waals surface area contributed by atoms with Crippen LogP contribution in [0.1, 0.15) is 13.8 Å². The highest BCUT2D eigenvalue weighted by Crippen LogP contribution is 1.64. The summed E-state index contributed by atoms with van der Waals surface area (Å²) in [7, 11) is 0. The van der Waals surface area contributed by atoms with Gasteiger partial charge in [-0.05, 0) is 13.8 Å². The molecule has 0 heterocycles. The van der Waals surface area contributed by atoms with Crippen molar-refractivity contribution >= 4 is 6.72 Å². The van der Waals surface area contributed by atoms with Gasteiger partial charge in [-0.2, -0.15) is 0 Å². The molecule has 0 bridgehead atoms. The maximum atomic E-state index is 3.71. The molecule has 0 atom stereocenters. The van der Waals surface area contributed by atoms with Crippen LogP contribution in [-0.2, 0) is 0 Å². The number of hydrogen-bond donors (Lipinski definition) is 0. The van der Waals surface area contributed by atoms with Crippen molar-refractivity contribution in [3.05, 3.63) is 0 Å². The molecule has 0 N–H and O–H groups in total. The standard InChI is InChI=1S/C5H12N.BrH/c1-4-6(3)5-2;/h3-5H2,1-2H3;1H/q+1;/p-1. The minimum atomic E-state index is 0. The van der Waals surface area contributed by atoms with Crippen LogP contribution in [0.2, 0.25) is 0 Å². The van der Waals surface area contributed by atoms with E-state index in [0.29, 0.717) is 0 Å². The van der Waals surface area contributed by atoms with Gasteiger partial charge in [0.05, 0.1) is 0 Å². The Morgan fingerprint density at radius 1 is 1.29 bits per heavy atom. The van der Waals surface area contributed by atoms with E-state index < -0.39 is 0 Å². The van der Waals surface area contributed by atoms with Crippen molar-refractivity contribution in [1.82, 2.24) is 0 Å². The minimum absolute atomic E-state index is 0. The smallest absolute Gasteiger partial charge is 0.139 e. The molecule has 0 fully saturated rings. The summed E-state index contributed by atoms with van der Waals surface area (Å²) < 4.78 is 2.00. The van der Waals surface area contributed by atoms with Crippen LogP contribution in [0.15, 0.2) is 0 Å². The molecule has 44 valence electrons. The van der Waals surface area contributed by atoms with Gasteiger partial charge >= 0.3 is 0 Å². The first-order valence-electron chi connectivity index (χ1n) is 2.36. The van der Waals surface area contributed by atoms with Gasteiger partial charge in [-0.25, -0.2) is 4.58 Å². The number of halogens is 1. The SMILES string of the molecule is C=[N+](CC)CC.[Br-]. The predicted octanol–water partition coefficient (Wildman–Crippen LogP) is -2.26. The van der Waals surface area contributed by atoms with Gasteiger partial charge in [0.1, 0.15) is 19.8 Å².